The molecule has 0 saturated carbocycles. The number of rotatable bonds is 4. The van der Waals surface area contributed by atoms with Crippen molar-refractivity contribution in [3.8, 4) is 6.01 Å². The highest BCUT2D eigenvalue weighted by molar-refractivity contribution is 6.28. The van der Waals surface area contributed by atoms with Crippen molar-refractivity contribution in [3.05, 3.63) is 5.28 Å². The predicted octanol–water partition coefficient (Wildman–Crippen LogP) is 1.90. The molecule has 1 fully saturated rings. The van der Waals surface area contributed by atoms with E-state index >= 15 is 0 Å². The van der Waals surface area contributed by atoms with E-state index < -0.39 is 0 Å². The quantitative estimate of drug-likeness (QED) is 0.903. The summed E-state index contributed by atoms with van der Waals surface area (Å²) in [6.07, 6.45) is 0.977. The Morgan fingerprint density at radius 3 is 2.89 bits per heavy atom. The maximum Gasteiger partial charge on any atom is 0.322 e. The Morgan fingerprint density at radius 2 is 2.28 bits per heavy atom. The predicted molar refractivity (Wildman–Crippen MR) is 68.1 cm³/mol. The van der Waals surface area contributed by atoms with E-state index in [9.17, 15) is 0 Å². The molecule has 18 heavy (non-hydrogen) atoms. The van der Waals surface area contributed by atoms with Gasteiger partial charge in [-0.1, -0.05) is 0 Å². The van der Waals surface area contributed by atoms with Crippen LogP contribution < -0.4 is 10.1 Å². The number of hydrogen-bond donors (Lipinski definition) is 1. The van der Waals surface area contributed by atoms with Gasteiger partial charge in [-0.05, 0) is 38.8 Å². The first-order chi connectivity index (χ1) is 8.53. The second-order valence-corrected chi connectivity index (χ2v) is 4.79. The molecule has 100 valence electrons. The molecule has 2 atom stereocenters. The van der Waals surface area contributed by atoms with Gasteiger partial charge in [-0.3, -0.25) is 0 Å². The minimum absolute atomic E-state index is 0.0867. The van der Waals surface area contributed by atoms with Gasteiger partial charge in [0.1, 0.15) is 0 Å². The minimum atomic E-state index is -0.200. The van der Waals surface area contributed by atoms with Crippen molar-refractivity contribution in [1.82, 2.24) is 15.0 Å². The first kappa shape index (κ1) is 13.3. The third kappa shape index (κ3) is 2.81. The van der Waals surface area contributed by atoms with Crippen LogP contribution in [0.4, 0.5) is 5.95 Å². The number of nitrogens with one attached hydrogen (secondary N) is 1. The van der Waals surface area contributed by atoms with Gasteiger partial charge in [0.05, 0.1) is 18.2 Å². The number of ether oxygens (including phenoxy) is 2. The van der Waals surface area contributed by atoms with Crippen LogP contribution in [0.2, 0.25) is 5.28 Å². The summed E-state index contributed by atoms with van der Waals surface area (Å²) in [5.41, 5.74) is -0.200. The minimum Gasteiger partial charge on any atom is -0.464 e. The zero-order valence-corrected chi connectivity index (χ0v) is 11.5. The van der Waals surface area contributed by atoms with E-state index in [0.29, 0.717) is 12.6 Å². The molecule has 0 radical (unpaired) electrons. The molecule has 0 aromatic carbocycles. The van der Waals surface area contributed by atoms with Crippen molar-refractivity contribution in [2.45, 2.75) is 38.8 Å². The molecule has 2 heterocycles. The Morgan fingerprint density at radius 1 is 1.50 bits per heavy atom. The van der Waals surface area contributed by atoms with Crippen molar-refractivity contribution in [2.24, 2.45) is 0 Å². The van der Waals surface area contributed by atoms with E-state index in [1.807, 2.05) is 13.8 Å². The zero-order valence-electron chi connectivity index (χ0n) is 10.7. The van der Waals surface area contributed by atoms with Crippen molar-refractivity contribution in [2.75, 3.05) is 18.5 Å². The van der Waals surface area contributed by atoms with Crippen LogP contribution in [0.25, 0.3) is 0 Å². The molecule has 1 N–H and O–H groups in total. The highest BCUT2D eigenvalue weighted by Crippen LogP contribution is 2.28. The highest BCUT2D eigenvalue weighted by Gasteiger charge is 2.37. The van der Waals surface area contributed by atoms with E-state index in [4.69, 9.17) is 21.1 Å². The molecule has 1 aliphatic rings. The van der Waals surface area contributed by atoms with Crippen molar-refractivity contribution in [3.63, 3.8) is 0 Å². The van der Waals surface area contributed by atoms with Crippen LogP contribution in [0, 0.1) is 0 Å². The largest absolute Gasteiger partial charge is 0.464 e. The summed E-state index contributed by atoms with van der Waals surface area (Å²) in [6, 6.07) is 0.232. The Kier molecular flexibility index (Phi) is 3.87. The van der Waals surface area contributed by atoms with Gasteiger partial charge in [0.2, 0.25) is 11.2 Å². The SMILES string of the molecule is CCOc1nc(Cl)nc(NC2(C)CCOC2C)n1. The van der Waals surface area contributed by atoms with E-state index in [0.717, 1.165) is 13.0 Å². The van der Waals surface area contributed by atoms with Gasteiger partial charge in [-0.25, -0.2) is 0 Å². The molecule has 0 spiro atoms. The molecule has 1 aromatic heterocycles. The molecule has 1 saturated heterocycles. The normalized spacial score (nSPS) is 27.2. The fourth-order valence-corrected chi connectivity index (χ4v) is 1.99. The number of halogens is 1. The second kappa shape index (κ2) is 5.24. The Bertz CT molecular complexity index is 432. The summed E-state index contributed by atoms with van der Waals surface area (Å²) in [4.78, 5) is 12.1. The number of hydrogen-bond acceptors (Lipinski definition) is 6. The smallest absolute Gasteiger partial charge is 0.322 e. The molecule has 6 nitrogen and oxygen atoms in total. The van der Waals surface area contributed by atoms with Gasteiger partial charge in [0.15, 0.2) is 0 Å². The standard InChI is InChI=1S/C11H17ClN4O2/c1-4-17-10-14-8(12)13-9(15-10)16-11(3)5-6-18-7(11)2/h7H,4-6H2,1-3H3,(H,13,14,15,16). The highest BCUT2D eigenvalue weighted by atomic mass is 35.5. The van der Waals surface area contributed by atoms with E-state index in [1.165, 1.54) is 0 Å². The lowest BCUT2D eigenvalue weighted by molar-refractivity contribution is 0.105. The lowest BCUT2D eigenvalue weighted by Gasteiger charge is -2.28. The Balaban J connectivity index is 2.18. The molecule has 1 aromatic rings. The molecular weight excluding hydrogens is 256 g/mol. The average molecular weight is 273 g/mol. The second-order valence-electron chi connectivity index (χ2n) is 4.45. The lowest BCUT2D eigenvalue weighted by atomic mass is 9.95. The van der Waals surface area contributed by atoms with Gasteiger partial charge < -0.3 is 14.8 Å². The van der Waals surface area contributed by atoms with Crippen LogP contribution in [0.3, 0.4) is 0 Å². The number of nitrogens with zero attached hydrogens (tertiary/aromatic N) is 3. The monoisotopic (exact) mass is 272 g/mol. The molecule has 7 heteroatoms. The topological polar surface area (TPSA) is 69.2 Å². The summed E-state index contributed by atoms with van der Waals surface area (Å²) in [7, 11) is 0. The molecule has 2 unspecified atom stereocenters. The summed E-state index contributed by atoms with van der Waals surface area (Å²) in [5, 5.41) is 3.37. The van der Waals surface area contributed by atoms with Crippen LogP contribution in [0.1, 0.15) is 27.2 Å². The molecule has 1 aliphatic heterocycles. The zero-order chi connectivity index (χ0) is 13.2. The van der Waals surface area contributed by atoms with Gasteiger partial charge >= 0.3 is 6.01 Å². The Hall–Kier alpha value is -1.14. The summed E-state index contributed by atoms with van der Waals surface area (Å²) >= 11 is 5.84. The van der Waals surface area contributed by atoms with Crippen molar-refractivity contribution >= 4 is 17.5 Å². The molecular formula is C11H17ClN4O2. The summed E-state index contributed by atoms with van der Waals surface area (Å²) < 4.78 is 10.8. The van der Waals surface area contributed by atoms with Crippen molar-refractivity contribution < 1.29 is 9.47 Å². The maximum absolute atomic E-state index is 5.84. The molecule has 0 amide bonds. The van der Waals surface area contributed by atoms with Crippen LogP contribution in [0.5, 0.6) is 6.01 Å². The maximum atomic E-state index is 5.84. The van der Waals surface area contributed by atoms with Gasteiger partial charge in [-0.15, -0.1) is 0 Å². The van der Waals surface area contributed by atoms with E-state index in [-0.39, 0.29) is 22.9 Å². The van der Waals surface area contributed by atoms with Crippen molar-refractivity contribution in [1.29, 1.82) is 0 Å². The number of anilines is 1. The van der Waals surface area contributed by atoms with Crippen LogP contribution in [-0.2, 0) is 4.74 Å². The summed E-state index contributed by atoms with van der Waals surface area (Å²) in [6.45, 7) is 7.16. The lowest BCUT2D eigenvalue weighted by Crippen LogP contribution is -2.41. The third-order valence-electron chi connectivity index (χ3n) is 3.14. The first-order valence-electron chi connectivity index (χ1n) is 5.97. The summed E-state index contributed by atoms with van der Waals surface area (Å²) in [5.74, 6) is 0.415. The molecule has 0 bridgehead atoms. The van der Waals surface area contributed by atoms with E-state index in [1.54, 1.807) is 0 Å². The first-order valence-corrected chi connectivity index (χ1v) is 6.35. The van der Waals surface area contributed by atoms with Crippen LogP contribution >= 0.6 is 11.6 Å². The average Bonchev–Trinajstić information content (AvgIpc) is 2.58. The Labute approximate surface area is 111 Å². The fraction of sp³-hybridized carbons (Fsp3) is 0.727. The van der Waals surface area contributed by atoms with Crippen LogP contribution in [0.15, 0.2) is 0 Å². The van der Waals surface area contributed by atoms with Gasteiger partial charge in [-0.2, -0.15) is 15.0 Å². The van der Waals surface area contributed by atoms with Crippen LogP contribution in [-0.4, -0.2) is 39.8 Å². The van der Waals surface area contributed by atoms with Gasteiger partial charge in [0, 0.05) is 6.61 Å². The van der Waals surface area contributed by atoms with E-state index in [2.05, 4.69) is 27.2 Å². The third-order valence-corrected chi connectivity index (χ3v) is 3.31. The van der Waals surface area contributed by atoms with Gasteiger partial charge in [0.25, 0.3) is 0 Å². The number of aromatic nitrogens is 3. The fourth-order valence-electron chi connectivity index (χ4n) is 1.84. The molecule has 0 aliphatic carbocycles. The molecule has 2 rings (SSSR count).